The molecule has 196 valence electrons. The van der Waals surface area contributed by atoms with Crippen LogP contribution in [0.4, 0.5) is 8.78 Å². The number of primary amides is 1. The number of nitrogens with two attached hydrogens (primary N) is 2. The summed E-state index contributed by atoms with van der Waals surface area (Å²) in [5.74, 6) is -3.05. The topological polar surface area (TPSA) is 141 Å². The molecule has 3 rings (SSSR count). The average molecular weight is 533 g/mol. The highest BCUT2D eigenvalue weighted by atomic mass is 35.5. The number of carbonyl (C=O) groups excluding carboxylic acids is 2. The van der Waals surface area contributed by atoms with Crippen molar-refractivity contribution < 1.29 is 27.8 Å². The Hall–Kier alpha value is -4.02. The minimum atomic E-state index is -1.51. The first-order valence-electron chi connectivity index (χ1n) is 11.0. The summed E-state index contributed by atoms with van der Waals surface area (Å²) in [6, 6.07) is 15.2. The highest BCUT2D eigenvalue weighted by molar-refractivity contribution is 5.94. The highest BCUT2D eigenvalue weighted by Gasteiger charge is 2.28. The monoisotopic (exact) mass is 532 g/mol. The summed E-state index contributed by atoms with van der Waals surface area (Å²) in [5.41, 5.74) is 11.9. The fourth-order valence-corrected chi connectivity index (χ4v) is 3.46. The molecule has 0 fully saturated rings. The van der Waals surface area contributed by atoms with Gasteiger partial charge in [0.15, 0.2) is 12.7 Å². The van der Waals surface area contributed by atoms with E-state index in [-0.39, 0.29) is 43.6 Å². The van der Waals surface area contributed by atoms with Crippen LogP contribution in [0.15, 0.2) is 60.7 Å². The molecular formula is C26H27ClF2N4O4. The summed E-state index contributed by atoms with van der Waals surface area (Å²) < 4.78 is 40.9. The van der Waals surface area contributed by atoms with Crippen LogP contribution < -0.4 is 21.5 Å². The van der Waals surface area contributed by atoms with E-state index in [1.165, 1.54) is 6.07 Å². The quantitative estimate of drug-likeness (QED) is 0.221. The third kappa shape index (κ3) is 7.73. The molecule has 2 amide bonds. The Labute approximate surface area is 218 Å². The fourth-order valence-electron chi connectivity index (χ4n) is 3.46. The number of hydrogen-bond acceptors (Lipinski definition) is 5. The molecule has 3 aromatic rings. The van der Waals surface area contributed by atoms with Crippen molar-refractivity contribution in [2.75, 3.05) is 13.2 Å². The molecule has 8 nitrogen and oxygen atoms in total. The lowest BCUT2D eigenvalue weighted by Gasteiger charge is -2.19. The van der Waals surface area contributed by atoms with Gasteiger partial charge >= 0.3 is 0 Å². The zero-order chi connectivity index (χ0) is 26.2. The largest absolute Gasteiger partial charge is 0.484 e. The summed E-state index contributed by atoms with van der Waals surface area (Å²) in [6.07, 6.45) is -1.51. The first-order chi connectivity index (χ1) is 17.2. The van der Waals surface area contributed by atoms with Crippen molar-refractivity contribution in [2.24, 2.45) is 11.5 Å². The number of halogens is 3. The molecule has 0 unspecified atom stereocenters. The van der Waals surface area contributed by atoms with E-state index in [0.717, 1.165) is 12.1 Å². The molecule has 0 aliphatic heterocycles. The summed E-state index contributed by atoms with van der Waals surface area (Å²) in [7, 11) is 0. The van der Waals surface area contributed by atoms with E-state index < -0.39 is 35.1 Å². The van der Waals surface area contributed by atoms with Crippen molar-refractivity contribution in [3.63, 3.8) is 0 Å². The van der Waals surface area contributed by atoms with Crippen LogP contribution in [-0.4, -0.2) is 30.9 Å². The third-order valence-corrected chi connectivity index (χ3v) is 5.19. The number of nitrogens with one attached hydrogen (secondary N) is 2. The summed E-state index contributed by atoms with van der Waals surface area (Å²) in [4.78, 5) is 23.8. The molecule has 0 bridgehead atoms. The lowest BCUT2D eigenvalue weighted by atomic mass is 9.99. The molecule has 0 saturated carbocycles. The predicted octanol–water partition coefficient (Wildman–Crippen LogP) is 3.60. The number of ether oxygens (including phenoxy) is 2. The summed E-state index contributed by atoms with van der Waals surface area (Å²) >= 11 is 0. The number of carbonyl (C=O) groups is 2. The lowest BCUT2D eigenvalue weighted by Crippen LogP contribution is -2.31. The molecule has 1 atom stereocenters. The third-order valence-electron chi connectivity index (χ3n) is 5.19. The maximum absolute atomic E-state index is 15.1. The summed E-state index contributed by atoms with van der Waals surface area (Å²) in [6.45, 7) is 1.41. The Balaban J connectivity index is 0.00000481. The Kier molecular flexibility index (Phi) is 10.5. The van der Waals surface area contributed by atoms with Crippen LogP contribution in [0.5, 0.6) is 5.75 Å². The molecule has 0 aromatic heterocycles. The Morgan fingerprint density at radius 3 is 2.22 bits per heavy atom. The number of hydrogen-bond donors (Lipinski definition) is 4. The van der Waals surface area contributed by atoms with Gasteiger partial charge in [0.05, 0.1) is 5.56 Å². The predicted molar refractivity (Wildman–Crippen MR) is 137 cm³/mol. The van der Waals surface area contributed by atoms with E-state index in [1.807, 2.05) is 0 Å². The Morgan fingerprint density at radius 1 is 1.00 bits per heavy atom. The van der Waals surface area contributed by atoms with Crippen molar-refractivity contribution >= 4 is 30.1 Å². The van der Waals surface area contributed by atoms with E-state index in [1.54, 1.807) is 49.4 Å². The van der Waals surface area contributed by atoms with Crippen molar-refractivity contribution in [2.45, 2.75) is 19.6 Å². The van der Waals surface area contributed by atoms with E-state index in [0.29, 0.717) is 22.4 Å². The van der Waals surface area contributed by atoms with Crippen LogP contribution in [-0.2, 0) is 20.9 Å². The lowest BCUT2D eigenvalue weighted by molar-refractivity contribution is -0.133. The molecule has 0 aliphatic rings. The first kappa shape index (κ1) is 29.2. The van der Waals surface area contributed by atoms with Crippen molar-refractivity contribution in [1.29, 1.82) is 5.41 Å². The summed E-state index contributed by atoms with van der Waals surface area (Å²) in [5, 5.41) is 10.1. The molecule has 3 aromatic carbocycles. The standard InChI is InChI=1S/C26H26F2N4O4.ClH/c1-2-35-24(26(34)32-13-15-6-8-16(9-7-15)25(30)31)23-20(27)11-18(12-21(23)28)17-4-3-5-19(10-17)36-14-22(29)33;/h3-12,24H,2,13-14H2,1H3,(H2,29,33)(H3,30,31)(H,32,34);1H/t24-;/m0./s1. The second kappa shape index (κ2) is 13.3. The molecular weight excluding hydrogens is 506 g/mol. The van der Waals surface area contributed by atoms with E-state index in [4.69, 9.17) is 26.4 Å². The van der Waals surface area contributed by atoms with Gasteiger partial charge in [0.1, 0.15) is 23.2 Å². The number of amides is 2. The zero-order valence-electron chi connectivity index (χ0n) is 19.9. The number of rotatable bonds is 11. The van der Waals surface area contributed by atoms with Crippen LogP contribution in [0.25, 0.3) is 11.1 Å². The number of benzene rings is 3. The average Bonchev–Trinajstić information content (AvgIpc) is 2.85. The molecule has 0 heterocycles. The van der Waals surface area contributed by atoms with Gasteiger partial charge in [0, 0.05) is 18.7 Å². The van der Waals surface area contributed by atoms with E-state index in [9.17, 15) is 9.59 Å². The van der Waals surface area contributed by atoms with Crippen LogP contribution in [0.2, 0.25) is 0 Å². The molecule has 0 aliphatic carbocycles. The SMILES string of the molecule is CCO[C@H](C(=O)NCc1ccc(C(=N)N)cc1)c1c(F)cc(-c2cccc(OCC(N)=O)c2)cc1F.Cl. The van der Waals surface area contributed by atoms with Gasteiger partial charge in [0.2, 0.25) is 0 Å². The van der Waals surface area contributed by atoms with Gasteiger partial charge in [0.25, 0.3) is 11.8 Å². The van der Waals surface area contributed by atoms with Gasteiger partial charge in [-0.3, -0.25) is 15.0 Å². The normalized spacial score (nSPS) is 11.2. The smallest absolute Gasteiger partial charge is 0.255 e. The van der Waals surface area contributed by atoms with Gasteiger partial charge < -0.3 is 26.3 Å². The minimum Gasteiger partial charge on any atom is -0.484 e. The van der Waals surface area contributed by atoms with Crippen LogP contribution in [0, 0.1) is 17.0 Å². The van der Waals surface area contributed by atoms with Gasteiger partial charge in [-0.2, -0.15) is 0 Å². The first-order valence-corrected chi connectivity index (χ1v) is 11.0. The van der Waals surface area contributed by atoms with E-state index in [2.05, 4.69) is 5.32 Å². The maximum atomic E-state index is 15.1. The number of amidine groups is 1. The van der Waals surface area contributed by atoms with Crippen LogP contribution >= 0.6 is 12.4 Å². The highest BCUT2D eigenvalue weighted by Crippen LogP contribution is 2.31. The second-order valence-corrected chi connectivity index (χ2v) is 7.80. The van der Waals surface area contributed by atoms with Gasteiger partial charge in [-0.25, -0.2) is 8.78 Å². The Bertz CT molecular complexity index is 1250. The molecule has 11 heteroatoms. The molecule has 0 radical (unpaired) electrons. The minimum absolute atomic E-state index is 0. The van der Waals surface area contributed by atoms with E-state index >= 15 is 8.78 Å². The van der Waals surface area contributed by atoms with Crippen molar-refractivity contribution in [1.82, 2.24) is 5.32 Å². The second-order valence-electron chi connectivity index (χ2n) is 7.80. The molecule has 0 spiro atoms. The van der Waals surface area contributed by atoms with Gasteiger partial charge in [-0.15, -0.1) is 12.4 Å². The Morgan fingerprint density at radius 2 is 1.65 bits per heavy atom. The maximum Gasteiger partial charge on any atom is 0.255 e. The zero-order valence-corrected chi connectivity index (χ0v) is 20.7. The number of nitrogen functional groups attached to an aromatic ring is 1. The molecule has 6 N–H and O–H groups in total. The molecule has 37 heavy (non-hydrogen) atoms. The fraction of sp³-hybridized carbons (Fsp3) is 0.192. The van der Waals surface area contributed by atoms with Gasteiger partial charge in [-0.05, 0) is 47.9 Å². The van der Waals surface area contributed by atoms with Gasteiger partial charge in [-0.1, -0.05) is 36.4 Å². The van der Waals surface area contributed by atoms with Crippen molar-refractivity contribution in [3.8, 4) is 16.9 Å². The van der Waals surface area contributed by atoms with Crippen molar-refractivity contribution in [3.05, 3.63) is 89.0 Å². The van der Waals surface area contributed by atoms with Crippen LogP contribution in [0.1, 0.15) is 29.7 Å². The molecule has 0 saturated heterocycles. The van der Waals surface area contributed by atoms with Crippen LogP contribution in [0.3, 0.4) is 0 Å².